The van der Waals surface area contributed by atoms with Gasteiger partial charge in [0.1, 0.15) is 0 Å². The summed E-state index contributed by atoms with van der Waals surface area (Å²) in [6.07, 6.45) is 0. The van der Waals surface area contributed by atoms with E-state index in [1.54, 1.807) is 0 Å². The molecule has 0 fully saturated rings. The maximum Gasteiger partial charge on any atom is 0.164 e. The van der Waals surface area contributed by atoms with E-state index < -0.39 is 0 Å². The highest BCUT2D eigenvalue weighted by molar-refractivity contribution is 5.86. The summed E-state index contributed by atoms with van der Waals surface area (Å²) in [6, 6.07) is 80.3. The minimum Gasteiger partial charge on any atom is -0.228 e. The molecule has 71 heavy (non-hydrogen) atoms. The van der Waals surface area contributed by atoms with E-state index in [4.69, 9.17) is 24.9 Å². The average molecular weight is 908 g/mol. The molecule has 15 rings (SSSR count). The molecule has 5 heteroatoms. The normalized spacial score (nSPS) is 15.3. The predicted molar refractivity (Wildman–Crippen MR) is 286 cm³/mol. The summed E-state index contributed by atoms with van der Waals surface area (Å²) in [4.78, 5) is 25.8. The zero-order valence-electron chi connectivity index (χ0n) is 39.3. The molecular formula is C66H45N5. The van der Waals surface area contributed by atoms with Crippen molar-refractivity contribution in [2.24, 2.45) is 0 Å². The van der Waals surface area contributed by atoms with Gasteiger partial charge in [0.25, 0.3) is 0 Å². The summed E-state index contributed by atoms with van der Waals surface area (Å²) < 4.78 is 0. The number of rotatable bonds is 7. The van der Waals surface area contributed by atoms with E-state index in [1.807, 2.05) is 42.5 Å². The monoisotopic (exact) mass is 907 g/mol. The highest BCUT2D eigenvalue weighted by atomic mass is 15.0. The number of fused-ring (bicyclic) bond motifs is 3. The zero-order chi connectivity index (χ0) is 47.2. The van der Waals surface area contributed by atoms with Crippen LogP contribution in [0.2, 0.25) is 0 Å². The maximum atomic E-state index is 5.33. The van der Waals surface area contributed by atoms with Crippen LogP contribution in [0, 0.1) is 0 Å². The molecule has 2 atom stereocenters. The first-order valence-corrected chi connectivity index (χ1v) is 24.5. The molecular weight excluding hydrogens is 863 g/mol. The summed E-state index contributed by atoms with van der Waals surface area (Å²) >= 11 is 0. The van der Waals surface area contributed by atoms with Crippen LogP contribution in [-0.2, 0) is 5.41 Å². The Hall–Kier alpha value is -8.93. The summed E-state index contributed by atoms with van der Waals surface area (Å²) in [5.41, 5.74) is 23.4. The molecule has 4 aliphatic rings. The minimum absolute atomic E-state index is 0.0403. The Labute approximate surface area is 413 Å². The van der Waals surface area contributed by atoms with E-state index in [0.29, 0.717) is 23.3 Å². The van der Waals surface area contributed by atoms with E-state index in [0.717, 1.165) is 50.3 Å². The first-order chi connectivity index (χ1) is 34.9. The molecule has 0 saturated carbocycles. The Bertz CT molecular complexity index is 3860. The molecule has 5 nitrogen and oxygen atoms in total. The molecule has 2 aromatic heterocycles. The van der Waals surface area contributed by atoms with E-state index in [1.165, 1.54) is 61.2 Å². The quantitative estimate of drug-likeness (QED) is 0.159. The Balaban J connectivity index is 0.867. The Morgan fingerprint density at radius 2 is 0.676 bits per heavy atom. The SMILES string of the molecule is CC1(C)c2ccccc2-c2cc(-c3cccc(-c4cc(-c5ccc6c(c5)C5c7ccccc7C6c6cc(-c7nc(-c8ccccc8)nc(-c8ccccc8)n7)ccc65)nc(-c5ccccc5)n4)c3)ccc21. The fourth-order valence-electron chi connectivity index (χ4n) is 11.7. The van der Waals surface area contributed by atoms with Gasteiger partial charge in [0.2, 0.25) is 0 Å². The van der Waals surface area contributed by atoms with Crippen LogP contribution >= 0.6 is 0 Å². The van der Waals surface area contributed by atoms with Gasteiger partial charge in [-0.05, 0) is 97.1 Å². The van der Waals surface area contributed by atoms with Crippen LogP contribution in [-0.4, -0.2) is 24.9 Å². The lowest BCUT2D eigenvalue weighted by molar-refractivity contribution is 0.660. The van der Waals surface area contributed by atoms with Crippen molar-refractivity contribution < 1.29 is 0 Å². The first kappa shape index (κ1) is 41.1. The third kappa shape index (κ3) is 6.72. The van der Waals surface area contributed by atoms with Gasteiger partial charge in [0.15, 0.2) is 23.3 Å². The van der Waals surface area contributed by atoms with E-state index in [-0.39, 0.29) is 17.3 Å². The molecule has 9 aromatic carbocycles. The largest absolute Gasteiger partial charge is 0.228 e. The van der Waals surface area contributed by atoms with Gasteiger partial charge in [-0.1, -0.05) is 208 Å². The van der Waals surface area contributed by atoms with E-state index >= 15 is 0 Å². The summed E-state index contributed by atoms with van der Waals surface area (Å²) in [6.45, 7) is 4.66. The lowest BCUT2D eigenvalue weighted by Crippen LogP contribution is -2.27. The number of aromatic nitrogens is 5. The van der Waals surface area contributed by atoms with Gasteiger partial charge in [0, 0.05) is 50.6 Å². The van der Waals surface area contributed by atoms with Crippen molar-refractivity contribution in [3.63, 3.8) is 0 Å². The maximum absolute atomic E-state index is 5.33. The van der Waals surface area contributed by atoms with Crippen molar-refractivity contribution in [2.45, 2.75) is 31.1 Å². The Kier molecular flexibility index (Phi) is 9.30. The molecule has 0 radical (unpaired) electrons. The smallest absolute Gasteiger partial charge is 0.164 e. The molecule has 11 aromatic rings. The van der Waals surface area contributed by atoms with Crippen LogP contribution in [0.15, 0.2) is 224 Å². The predicted octanol–water partition coefficient (Wildman–Crippen LogP) is 15.6. The van der Waals surface area contributed by atoms with Crippen LogP contribution in [0.1, 0.15) is 70.2 Å². The molecule has 0 spiro atoms. The summed E-state index contributed by atoms with van der Waals surface area (Å²) in [5.74, 6) is 2.76. The first-order valence-electron chi connectivity index (χ1n) is 24.5. The second kappa shape index (κ2) is 16.1. The van der Waals surface area contributed by atoms with Crippen molar-refractivity contribution in [3.8, 4) is 90.3 Å². The van der Waals surface area contributed by atoms with Crippen LogP contribution in [0.5, 0.6) is 0 Å². The van der Waals surface area contributed by atoms with Gasteiger partial charge < -0.3 is 0 Å². The minimum atomic E-state index is -0.0403. The summed E-state index contributed by atoms with van der Waals surface area (Å²) in [5, 5.41) is 0. The lowest BCUT2D eigenvalue weighted by atomic mass is 9.60. The van der Waals surface area contributed by atoms with Crippen molar-refractivity contribution in [1.29, 1.82) is 0 Å². The fraction of sp³-hybridized carbons (Fsp3) is 0.0758. The van der Waals surface area contributed by atoms with E-state index in [2.05, 4.69) is 196 Å². The molecule has 2 bridgehead atoms. The number of hydrogen-bond donors (Lipinski definition) is 0. The molecule has 0 N–H and O–H groups in total. The molecule has 0 amide bonds. The van der Waals surface area contributed by atoms with Crippen molar-refractivity contribution in [1.82, 2.24) is 24.9 Å². The van der Waals surface area contributed by atoms with Crippen LogP contribution in [0.25, 0.3) is 90.3 Å². The second-order valence-corrected chi connectivity index (χ2v) is 19.6. The fourth-order valence-corrected chi connectivity index (χ4v) is 11.7. The Morgan fingerprint density at radius 3 is 1.28 bits per heavy atom. The lowest BCUT2D eigenvalue weighted by Gasteiger charge is -2.42. The average Bonchev–Trinajstić information content (AvgIpc) is 3.68. The molecule has 4 aliphatic carbocycles. The molecule has 2 heterocycles. The molecule has 0 saturated heterocycles. The second-order valence-electron chi connectivity index (χ2n) is 19.6. The van der Waals surface area contributed by atoms with E-state index in [9.17, 15) is 0 Å². The van der Waals surface area contributed by atoms with Crippen molar-refractivity contribution in [3.05, 3.63) is 269 Å². The number of hydrogen-bond acceptors (Lipinski definition) is 5. The van der Waals surface area contributed by atoms with Gasteiger partial charge in [0.05, 0.1) is 11.4 Å². The van der Waals surface area contributed by atoms with Gasteiger partial charge >= 0.3 is 0 Å². The molecule has 334 valence electrons. The summed E-state index contributed by atoms with van der Waals surface area (Å²) in [7, 11) is 0. The number of nitrogens with zero attached hydrogens (tertiary/aromatic N) is 5. The van der Waals surface area contributed by atoms with Gasteiger partial charge in [-0.3, -0.25) is 0 Å². The topological polar surface area (TPSA) is 64.5 Å². The van der Waals surface area contributed by atoms with Crippen LogP contribution < -0.4 is 0 Å². The van der Waals surface area contributed by atoms with Crippen LogP contribution in [0.3, 0.4) is 0 Å². The van der Waals surface area contributed by atoms with Gasteiger partial charge in [-0.15, -0.1) is 0 Å². The standard InChI is InChI=1S/C66H45N5/c1-66(2)56-28-15-14-25-48(56)53-36-44(31-34-57(53)66)43-23-16-24-45(35-43)58-39-59(68-62(67-58)40-17-6-3-7-18-40)46-29-32-51-54(37-46)60-49-26-12-13-27-50(49)61(51)55-38-47(30-33-52(55)60)65-70-63(41-19-8-4-9-20-41)69-64(71-65)42-21-10-5-11-22-42/h3-39,60-61H,1-2H3. The molecule has 0 aliphatic heterocycles. The highest BCUT2D eigenvalue weighted by Gasteiger charge is 2.42. The zero-order valence-corrected chi connectivity index (χ0v) is 39.3. The van der Waals surface area contributed by atoms with Gasteiger partial charge in [-0.25, -0.2) is 24.9 Å². The van der Waals surface area contributed by atoms with Gasteiger partial charge in [-0.2, -0.15) is 0 Å². The van der Waals surface area contributed by atoms with Crippen molar-refractivity contribution >= 4 is 0 Å². The van der Waals surface area contributed by atoms with Crippen molar-refractivity contribution in [2.75, 3.05) is 0 Å². The Morgan fingerprint density at radius 1 is 0.268 bits per heavy atom. The third-order valence-electron chi connectivity index (χ3n) is 15.1. The highest BCUT2D eigenvalue weighted by Crippen LogP contribution is 2.57. The van der Waals surface area contributed by atoms with Crippen LogP contribution in [0.4, 0.5) is 0 Å². The third-order valence-corrected chi connectivity index (χ3v) is 15.1. The molecule has 2 unspecified atom stereocenters. The number of benzene rings is 9.